The maximum absolute atomic E-state index is 12.5. The van der Waals surface area contributed by atoms with E-state index >= 15 is 0 Å². The van der Waals surface area contributed by atoms with Gasteiger partial charge in [-0.25, -0.2) is 0 Å². The maximum atomic E-state index is 12.5. The number of ether oxygens (including phenoxy) is 2. The van der Waals surface area contributed by atoms with Crippen LogP contribution in [0.1, 0.15) is 11.1 Å². The van der Waals surface area contributed by atoms with Gasteiger partial charge in [-0.15, -0.1) is 0 Å². The Morgan fingerprint density at radius 3 is 2.07 bits per heavy atom. The molecule has 0 spiro atoms. The molecule has 2 N–H and O–H groups in total. The number of anilines is 2. The number of esters is 2. The molecule has 1 aliphatic heterocycles. The number of carbonyl (C=O) groups excluding carboxylic acids is 2. The second-order valence-electron chi connectivity index (χ2n) is 7.88. The van der Waals surface area contributed by atoms with Crippen molar-refractivity contribution in [1.82, 2.24) is 0 Å². The van der Waals surface area contributed by atoms with E-state index in [2.05, 4.69) is 40.8 Å². The van der Waals surface area contributed by atoms with Crippen molar-refractivity contribution in [3.05, 3.63) is 65.7 Å². The zero-order valence-electron chi connectivity index (χ0n) is 16.8. The van der Waals surface area contributed by atoms with E-state index in [1.807, 2.05) is 24.3 Å². The summed E-state index contributed by atoms with van der Waals surface area (Å²) in [4.78, 5) is 25.0. The minimum Gasteiger partial charge on any atom is -0.468 e. The Hall–Kier alpha value is -3.48. The number of methoxy groups -OCH3 is 2. The van der Waals surface area contributed by atoms with Crippen molar-refractivity contribution in [3.8, 4) is 0 Å². The smallest absolute Gasteiger partial charge is 0.406 e. The predicted octanol–water partition coefficient (Wildman–Crippen LogP) is 2.50. The number of hydrogen-bond donors (Lipinski definition) is 2. The van der Waals surface area contributed by atoms with Crippen LogP contribution in [-0.2, 0) is 31.9 Å². The highest BCUT2D eigenvalue weighted by atomic mass is 16.5. The van der Waals surface area contributed by atoms with E-state index in [1.54, 1.807) is 0 Å². The van der Waals surface area contributed by atoms with Gasteiger partial charge in [-0.05, 0) is 47.0 Å². The fourth-order valence-electron chi connectivity index (χ4n) is 4.73. The summed E-state index contributed by atoms with van der Waals surface area (Å²) in [6.07, 6.45) is 0.560. The monoisotopic (exact) mass is 400 g/mol. The van der Waals surface area contributed by atoms with Crippen molar-refractivity contribution in [2.45, 2.75) is 12.8 Å². The summed E-state index contributed by atoms with van der Waals surface area (Å²) in [6, 6.07) is 18.5. The highest BCUT2D eigenvalue weighted by Gasteiger charge is 2.52. The van der Waals surface area contributed by atoms with Crippen LogP contribution in [0.4, 0.5) is 11.4 Å². The molecule has 0 atom stereocenters. The second kappa shape index (κ2) is 6.80. The third-order valence-electron chi connectivity index (χ3n) is 6.20. The molecule has 150 valence electrons. The van der Waals surface area contributed by atoms with Gasteiger partial charge in [-0.2, -0.15) is 0 Å². The van der Waals surface area contributed by atoms with Gasteiger partial charge in [0.1, 0.15) is 0 Å². The standard InChI is InChI=1S/C23H21BN2O4/c1-29-21(27)23(22(28)30-2)12-15-9-10-17(11-16(15)13-23)24-25-18-7-3-5-14-6-4-8-19(26-24)20(14)18/h3-11,25-26H,12-13H2,1-2H3. The molecule has 0 bridgehead atoms. The molecule has 6 nitrogen and oxygen atoms in total. The summed E-state index contributed by atoms with van der Waals surface area (Å²) < 4.78 is 9.89. The summed E-state index contributed by atoms with van der Waals surface area (Å²) in [7, 11) is 2.60. The molecular formula is C23H21BN2O4. The van der Waals surface area contributed by atoms with Crippen molar-refractivity contribution in [3.63, 3.8) is 0 Å². The number of hydrogen-bond acceptors (Lipinski definition) is 6. The van der Waals surface area contributed by atoms with Gasteiger partial charge in [-0.1, -0.05) is 42.5 Å². The van der Waals surface area contributed by atoms with E-state index < -0.39 is 17.4 Å². The Labute approximate surface area is 174 Å². The average Bonchev–Trinajstić information content (AvgIpc) is 3.18. The molecule has 1 aliphatic carbocycles. The van der Waals surface area contributed by atoms with Gasteiger partial charge in [0.05, 0.1) is 14.2 Å². The van der Waals surface area contributed by atoms with Gasteiger partial charge in [0, 0.05) is 16.8 Å². The molecule has 0 fully saturated rings. The summed E-state index contributed by atoms with van der Waals surface area (Å²) in [6.45, 7) is -0.123. The lowest BCUT2D eigenvalue weighted by Crippen LogP contribution is -2.48. The lowest BCUT2D eigenvalue weighted by molar-refractivity contribution is -0.168. The Morgan fingerprint density at radius 1 is 0.867 bits per heavy atom. The maximum Gasteiger partial charge on any atom is 0.406 e. The van der Waals surface area contributed by atoms with Crippen molar-refractivity contribution < 1.29 is 19.1 Å². The summed E-state index contributed by atoms with van der Waals surface area (Å²) in [5.41, 5.74) is 3.80. The van der Waals surface area contributed by atoms with Gasteiger partial charge in [0.25, 0.3) is 0 Å². The van der Waals surface area contributed by atoms with Crippen LogP contribution in [0.15, 0.2) is 54.6 Å². The van der Waals surface area contributed by atoms with Crippen LogP contribution in [-0.4, -0.2) is 33.1 Å². The second-order valence-corrected chi connectivity index (χ2v) is 7.88. The van der Waals surface area contributed by atoms with E-state index in [9.17, 15) is 9.59 Å². The average molecular weight is 400 g/mol. The fraction of sp³-hybridized carbons (Fsp3) is 0.217. The van der Waals surface area contributed by atoms with Crippen molar-refractivity contribution >= 4 is 46.5 Å². The highest BCUT2D eigenvalue weighted by molar-refractivity contribution is 6.80. The first-order chi connectivity index (χ1) is 14.6. The first-order valence-corrected chi connectivity index (χ1v) is 9.89. The Balaban J connectivity index is 1.49. The minimum absolute atomic E-state index is 0.123. The molecule has 0 aromatic heterocycles. The van der Waals surface area contributed by atoms with Crippen LogP contribution in [0.2, 0.25) is 0 Å². The highest BCUT2D eigenvalue weighted by Crippen LogP contribution is 2.39. The molecule has 3 aromatic carbocycles. The van der Waals surface area contributed by atoms with Crippen LogP contribution >= 0.6 is 0 Å². The van der Waals surface area contributed by atoms with Crippen LogP contribution in [0.5, 0.6) is 0 Å². The van der Waals surface area contributed by atoms with Gasteiger partial charge in [0.2, 0.25) is 0 Å². The van der Waals surface area contributed by atoms with Crippen LogP contribution in [0, 0.1) is 5.41 Å². The van der Waals surface area contributed by atoms with Gasteiger partial charge >= 0.3 is 18.9 Å². The summed E-state index contributed by atoms with van der Waals surface area (Å²) in [5, 5.41) is 9.48. The largest absolute Gasteiger partial charge is 0.468 e. The number of rotatable bonds is 3. The summed E-state index contributed by atoms with van der Waals surface area (Å²) in [5.74, 6) is -1.11. The third-order valence-corrected chi connectivity index (χ3v) is 6.20. The van der Waals surface area contributed by atoms with Crippen LogP contribution in [0.25, 0.3) is 10.8 Å². The molecule has 0 amide bonds. The lowest BCUT2D eigenvalue weighted by atomic mass is 9.65. The normalized spacial score (nSPS) is 15.7. The Morgan fingerprint density at radius 2 is 1.47 bits per heavy atom. The van der Waals surface area contributed by atoms with Crippen molar-refractivity contribution in [2.24, 2.45) is 5.41 Å². The fourth-order valence-corrected chi connectivity index (χ4v) is 4.73. The molecule has 5 rings (SSSR count). The molecule has 2 aliphatic rings. The van der Waals surface area contributed by atoms with E-state index in [-0.39, 0.29) is 19.8 Å². The number of carbonyl (C=O) groups is 2. The number of fused-ring (bicyclic) bond motifs is 1. The van der Waals surface area contributed by atoms with E-state index in [1.165, 1.54) is 25.0 Å². The first-order valence-electron chi connectivity index (χ1n) is 9.89. The molecular weight excluding hydrogens is 379 g/mol. The molecule has 0 unspecified atom stereocenters. The zero-order valence-corrected chi connectivity index (χ0v) is 16.8. The predicted molar refractivity (Wildman–Crippen MR) is 117 cm³/mol. The van der Waals surface area contributed by atoms with Gasteiger partial charge in [-0.3, -0.25) is 9.59 Å². The van der Waals surface area contributed by atoms with Gasteiger partial charge in [0.15, 0.2) is 5.41 Å². The Bertz CT molecular complexity index is 1140. The van der Waals surface area contributed by atoms with E-state index in [0.29, 0.717) is 0 Å². The zero-order chi connectivity index (χ0) is 20.9. The number of benzene rings is 3. The quantitative estimate of drug-likeness (QED) is 0.400. The SMILES string of the molecule is COC(=O)C1(C(=O)OC)Cc2ccc(B3Nc4cccc5cccc(c45)N3)cc2C1. The Kier molecular flexibility index (Phi) is 4.20. The molecule has 0 radical (unpaired) electrons. The molecule has 30 heavy (non-hydrogen) atoms. The molecule has 7 heteroatoms. The molecule has 0 saturated carbocycles. The van der Waals surface area contributed by atoms with Crippen LogP contribution in [0.3, 0.4) is 0 Å². The van der Waals surface area contributed by atoms with E-state index in [4.69, 9.17) is 9.47 Å². The van der Waals surface area contributed by atoms with Gasteiger partial charge < -0.3 is 19.9 Å². The van der Waals surface area contributed by atoms with Crippen molar-refractivity contribution in [2.75, 3.05) is 24.7 Å². The third kappa shape index (κ3) is 2.65. The topological polar surface area (TPSA) is 76.7 Å². The summed E-state index contributed by atoms with van der Waals surface area (Å²) >= 11 is 0. The first kappa shape index (κ1) is 18.5. The van der Waals surface area contributed by atoms with E-state index in [0.717, 1.165) is 28.0 Å². The van der Waals surface area contributed by atoms with Crippen LogP contribution < -0.4 is 15.9 Å². The van der Waals surface area contributed by atoms with Crippen molar-refractivity contribution in [1.29, 1.82) is 0 Å². The number of nitrogens with one attached hydrogen (secondary N) is 2. The molecule has 3 aromatic rings. The molecule has 1 heterocycles. The minimum atomic E-state index is -1.31. The lowest BCUT2D eigenvalue weighted by Gasteiger charge is -2.27. The molecule has 0 saturated heterocycles.